The van der Waals surface area contributed by atoms with Crippen molar-refractivity contribution in [3.63, 3.8) is 0 Å². The van der Waals surface area contributed by atoms with Gasteiger partial charge in [-0.05, 0) is 68.7 Å². The van der Waals surface area contributed by atoms with Crippen molar-refractivity contribution in [1.82, 2.24) is 9.62 Å². The van der Waals surface area contributed by atoms with Gasteiger partial charge in [-0.1, -0.05) is 42.0 Å². The van der Waals surface area contributed by atoms with Gasteiger partial charge in [0.2, 0.25) is 15.9 Å². The number of rotatable bonds is 4. The van der Waals surface area contributed by atoms with Gasteiger partial charge in [-0.3, -0.25) is 4.79 Å². The molecule has 1 N–H and O–H groups in total. The molecule has 1 aliphatic heterocycles. The number of hydrogen-bond acceptors (Lipinski definition) is 3. The minimum atomic E-state index is -3.55. The lowest BCUT2D eigenvalue weighted by Gasteiger charge is -2.32. The highest BCUT2D eigenvalue weighted by Gasteiger charge is 2.35. The minimum Gasteiger partial charge on any atom is -0.349 e. The maximum atomic E-state index is 13.3. The SMILES string of the molecule is Cc1cc(C)c(S(=O)(=O)N2CCC(C(=O)NC3CCc4ccccc43)CC2)c(C)c1. The fourth-order valence-corrected chi connectivity index (χ4v) is 6.94. The Morgan fingerprint density at radius 2 is 1.63 bits per heavy atom. The van der Waals surface area contributed by atoms with Crippen LogP contribution in [-0.4, -0.2) is 31.7 Å². The molecule has 160 valence electrons. The summed E-state index contributed by atoms with van der Waals surface area (Å²) in [6.07, 6.45) is 3.05. The van der Waals surface area contributed by atoms with Crippen LogP contribution >= 0.6 is 0 Å². The molecular formula is C24H30N2O3S. The largest absolute Gasteiger partial charge is 0.349 e. The predicted octanol–water partition coefficient (Wildman–Crippen LogP) is 3.82. The Balaban J connectivity index is 1.41. The maximum Gasteiger partial charge on any atom is 0.243 e. The topological polar surface area (TPSA) is 66.5 Å². The Morgan fingerprint density at radius 3 is 2.30 bits per heavy atom. The van der Waals surface area contributed by atoms with Crippen LogP contribution in [0.5, 0.6) is 0 Å². The lowest BCUT2D eigenvalue weighted by Crippen LogP contribution is -2.43. The van der Waals surface area contributed by atoms with Crippen LogP contribution in [0.2, 0.25) is 0 Å². The van der Waals surface area contributed by atoms with E-state index in [0.717, 1.165) is 29.5 Å². The average molecular weight is 427 g/mol. The number of piperidine rings is 1. The molecule has 0 radical (unpaired) electrons. The van der Waals surface area contributed by atoms with E-state index >= 15 is 0 Å². The number of carbonyl (C=O) groups excluding carboxylic acids is 1. The second-order valence-corrected chi connectivity index (χ2v) is 10.6. The zero-order chi connectivity index (χ0) is 21.5. The van der Waals surface area contributed by atoms with Crippen molar-refractivity contribution >= 4 is 15.9 Å². The number of benzene rings is 2. The van der Waals surface area contributed by atoms with E-state index in [0.29, 0.717) is 30.8 Å². The molecular weight excluding hydrogens is 396 g/mol. The summed E-state index contributed by atoms with van der Waals surface area (Å²) in [5.41, 5.74) is 5.16. The number of fused-ring (bicyclic) bond motifs is 1. The third kappa shape index (κ3) is 3.91. The third-order valence-electron chi connectivity index (χ3n) is 6.48. The van der Waals surface area contributed by atoms with Gasteiger partial charge in [0.15, 0.2) is 0 Å². The standard InChI is InChI=1S/C24H30N2O3S/c1-16-14-17(2)23(18(3)15-16)30(28,29)26-12-10-20(11-13-26)24(27)25-22-9-8-19-6-4-5-7-21(19)22/h4-7,14-15,20,22H,8-13H2,1-3H3,(H,25,27). The van der Waals surface area contributed by atoms with Crippen molar-refractivity contribution in [3.05, 3.63) is 64.2 Å². The molecule has 0 saturated carbocycles. The molecule has 0 bridgehead atoms. The van der Waals surface area contributed by atoms with Gasteiger partial charge in [-0.25, -0.2) is 8.42 Å². The van der Waals surface area contributed by atoms with Crippen LogP contribution in [0.25, 0.3) is 0 Å². The fourth-order valence-electron chi connectivity index (χ4n) is 5.06. The summed E-state index contributed by atoms with van der Waals surface area (Å²) in [7, 11) is -3.55. The number of hydrogen-bond donors (Lipinski definition) is 1. The van der Waals surface area contributed by atoms with Crippen LogP contribution in [0, 0.1) is 26.7 Å². The van der Waals surface area contributed by atoms with Gasteiger partial charge >= 0.3 is 0 Å². The summed E-state index contributed by atoms with van der Waals surface area (Å²) in [5, 5.41) is 3.21. The van der Waals surface area contributed by atoms with Crippen molar-refractivity contribution in [2.75, 3.05) is 13.1 Å². The van der Waals surface area contributed by atoms with E-state index in [-0.39, 0.29) is 17.9 Å². The van der Waals surface area contributed by atoms with E-state index in [1.165, 1.54) is 11.1 Å². The molecule has 0 aromatic heterocycles. The Morgan fingerprint density at radius 1 is 1.00 bits per heavy atom. The summed E-state index contributed by atoms with van der Waals surface area (Å²) in [5.74, 6) is -0.0825. The van der Waals surface area contributed by atoms with E-state index in [2.05, 4.69) is 17.4 Å². The highest BCUT2D eigenvalue weighted by molar-refractivity contribution is 7.89. The summed E-state index contributed by atoms with van der Waals surface area (Å²) in [6.45, 7) is 6.45. The molecule has 1 unspecified atom stereocenters. The van der Waals surface area contributed by atoms with Crippen LogP contribution in [0.15, 0.2) is 41.3 Å². The first-order chi connectivity index (χ1) is 14.3. The molecule has 1 amide bonds. The summed E-state index contributed by atoms with van der Waals surface area (Å²) >= 11 is 0. The molecule has 1 heterocycles. The molecule has 4 rings (SSSR count). The highest BCUT2D eigenvalue weighted by atomic mass is 32.2. The van der Waals surface area contributed by atoms with Gasteiger partial charge in [0, 0.05) is 19.0 Å². The molecule has 30 heavy (non-hydrogen) atoms. The molecule has 1 aliphatic carbocycles. The summed E-state index contributed by atoms with van der Waals surface area (Å²) < 4.78 is 28.1. The molecule has 0 spiro atoms. The minimum absolute atomic E-state index is 0.0523. The molecule has 2 aliphatic rings. The second-order valence-electron chi connectivity index (χ2n) is 8.70. The van der Waals surface area contributed by atoms with Crippen LogP contribution in [0.1, 0.15) is 53.1 Å². The smallest absolute Gasteiger partial charge is 0.243 e. The van der Waals surface area contributed by atoms with Gasteiger partial charge in [0.1, 0.15) is 0 Å². The fraction of sp³-hybridized carbons (Fsp3) is 0.458. The van der Waals surface area contributed by atoms with Crippen molar-refractivity contribution in [3.8, 4) is 0 Å². The Hall–Kier alpha value is -2.18. The lowest BCUT2D eigenvalue weighted by atomic mass is 9.96. The first-order valence-electron chi connectivity index (χ1n) is 10.7. The maximum absolute atomic E-state index is 13.3. The normalized spacial score (nSPS) is 20.2. The van der Waals surface area contributed by atoms with E-state index in [1.54, 1.807) is 4.31 Å². The van der Waals surface area contributed by atoms with Gasteiger partial charge in [0.05, 0.1) is 10.9 Å². The van der Waals surface area contributed by atoms with Crippen LogP contribution < -0.4 is 5.32 Å². The van der Waals surface area contributed by atoms with Crippen molar-refractivity contribution in [2.24, 2.45) is 5.92 Å². The van der Waals surface area contributed by atoms with E-state index in [4.69, 9.17) is 0 Å². The number of nitrogens with zero attached hydrogens (tertiary/aromatic N) is 1. The third-order valence-corrected chi connectivity index (χ3v) is 8.68. The van der Waals surface area contributed by atoms with E-state index in [1.807, 2.05) is 45.0 Å². The lowest BCUT2D eigenvalue weighted by molar-refractivity contribution is -0.126. The monoisotopic (exact) mass is 426 g/mol. The average Bonchev–Trinajstić information content (AvgIpc) is 3.10. The predicted molar refractivity (Wildman–Crippen MR) is 118 cm³/mol. The molecule has 2 aromatic rings. The number of aryl methyl sites for hydroxylation is 4. The summed E-state index contributed by atoms with van der Waals surface area (Å²) in [6, 6.07) is 12.2. The van der Waals surface area contributed by atoms with Gasteiger partial charge in [-0.15, -0.1) is 0 Å². The number of nitrogens with one attached hydrogen (secondary N) is 1. The van der Waals surface area contributed by atoms with Gasteiger partial charge < -0.3 is 5.32 Å². The van der Waals surface area contributed by atoms with Gasteiger partial charge in [0.25, 0.3) is 0 Å². The van der Waals surface area contributed by atoms with Crippen LogP contribution in [-0.2, 0) is 21.2 Å². The van der Waals surface area contributed by atoms with E-state index < -0.39 is 10.0 Å². The highest BCUT2D eigenvalue weighted by Crippen LogP contribution is 2.32. The molecule has 6 heteroatoms. The van der Waals surface area contributed by atoms with E-state index in [9.17, 15) is 13.2 Å². The number of carbonyl (C=O) groups is 1. The zero-order valence-corrected chi connectivity index (χ0v) is 18.8. The Bertz CT molecular complexity index is 1050. The number of amides is 1. The first kappa shape index (κ1) is 21.1. The van der Waals surface area contributed by atoms with Crippen molar-refractivity contribution in [2.45, 2.75) is 57.4 Å². The molecule has 1 atom stereocenters. The van der Waals surface area contributed by atoms with Crippen molar-refractivity contribution < 1.29 is 13.2 Å². The van der Waals surface area contributed by atoms with Crippen LogP contribution in [0.4, 0.5) is 0 Å². The van der Waals surface area contributed by atoms with Crippen LogP contribution in [0.3, 0.4) is 0 Å². The quantitative estimate of drug-likeness (QED) is 0.808. The molecule has 1 saturated heterocycles. The molecule has 2 aromatic carbocycles. The summed E-state index contributed by atoms with van der Waals surface area (Å²) in [4.78, 5) is 13.3. The first-order valence-corrected chi connectivity index (χ1v) is 12.2. The van der Waals surface area contributed by atoms with Gasteiger partial charge in [-0.2, -0.15) is 4.31 Å². The zero-order valence-electron chi connectivity index (χ0n) is 17.9. The Labute approximate surface area is 179 Å². The number of sulfonamides is 1. The Kier molecular flexibility index (Phi) is 5.73. The second kappa shape index (κ2) is 8.16. The van der Waals surface area contributed by atoms with Crippen molar-refractivity contribution in [1.29, 1.82) is 0 Å². The molecule has 5 nitrogen and oxygen atoms in total. The molecule has 1 fully saturated rings.